The third kappa shape index (κ3) is 5.53. The highest BCUT2D eigenvalue weighted by molar-refractivity contribution is 5.76. The molecular formula is C26H26N2O4. The molecule has 0 atom stereocenters. The predicted molar refractivity (Wildman–Crippen MR) is 123 cm³/mol. The summed E-state index contributed by atoms with van der Waals surface area (Å²) >= 11 is 0. The molecule has 0 fully saturated rings. The second-order valence-electron chi connectivity index (χ2n) is 7.61. The number of amides is 1. The van der Waals surface area contributed by atoms with E-state index in [1.54, 1.807) is 10.6 Å². The van der Waals surface area contributed by atoms with Crippen molar-refractivity contribution < 1.29 is 13.9 Å². The lowest BCUT2D eigenvalue weighted by Gasteiger charge is -2.11. The summed E-state index contributed by atoms with van der Waals surface area (Å²) in [6.45, 7) is 1.91. The zero-order valence-corrected chi connectivity index (χ0v) is 17.8. The first-order valence-corrected chi connectivity index (χ1v) is 10.7. The Hall–Kier alpha value is -3.64. The highest BCUT2D eigenvalue weighted by Crippen LogP contribution is 2.13. The van der Waals surface area contributed by atoms with Gasteiger partial charge in [0, 0.05) is 19.5 Å². The van der Waals surface area contributed by atoms with Crippen LogP contribution in [0, 0.1) is 0 Å². The Morgan fingerprint density at radius 1 is 0.875 bits per heavy atom. The van der Waals surface area contributed by atoms with Crippen molar-refractivity contribution in [1.82, 2.24) is 9.88 Å². The smallest absolute Gasteiger partial charge is 0.408 e. The van der Waals surface area contributed by atoms with Crippen molar-refractivity contribution in [1.29, 1.82) is 0 Å². The summed E-state index contributed by atoms with van der Waals surface area (Å²) in [5, 5.41) is 2.97. The lowest BCUT2D eigenvalue weighted by atomic mass is 10.1. The molecule has 32 heavy (non-hydrogen) atoms. The van der Waals surface area contributed by atoms with Gasteiger partial charge in [-0.15, -0.1) is 0 Å². The van der Waals surface area contributed by atoms with Gasteiger partial charge in [0.15, 0.2) is 5.58 Å². The van der Waals surface area contributed by atoms with E-state index in [9.17, 15) is 9.59 Å². The molecular weight excluding hydrogens is 404 g/mol. The highest BCUT2D eigenvalue weighted by atomic mass is 16.5. The Kier molecular flexibility index (Phi) is 7.15. The van der Waals surface area contributed by atoms with Gasteiger partial charge in [-0.3, -0.25) is 9.36 Å². The quantitative estimate of drug-likeness (QED) is 0.405. The van der Waals surface area contributed by atoms with E-state index in [2.05, 4.69) is 5.32 Å². The van der Waals surface area contributed by atoms with Crippen LogP contribution < -0.4 is 11.1 Å². The molecule has 0 bridgehead atoms. The number of fused-ring (bicyclic) bond motifs is 1. The van der Waals surface area contributed by atoms with Crippen LogP contribution in [0.15, 0.2) is 88.1 Å². The number of rotatable bonds is 10. The summed E-state index contributed by atoms with van der Waals surface area (Å²) in [4.78, 5) is 24.4. The van der Waals surface area contributed by atoms with Crippen molar-refractivity contribution in [3.05, 3.63) is 106 Å². The number of aryl methyl sites for hydroxylation is 1. The second kappa shape index (κ2) is 10.6. The molecule has 4 aromatic rings. The van der Waals surface area contributed by atoms with Gasteiger partial charge in [-0.05, 0) is 35.2 Å². The van der Waals surface area contributed by atoms with Crippen molar-refractivity contribution in [2.24, 2.45) is 0 Å². The van der Waals surface area contributed by atoms with E-state index in [1.165, 1.54) is 0 Å². The van der Waals surface area contributed by atoms with Crippen LogP contribution in [0.25, 0.3) is 11.1 Å². The molecule has 1 amide bonds. The molecule has 1 heterocycles. The highest BCUT2D eigenvalue weighted by Gasteiger charge is 2.10. The fourth-order valence-electron chi connectivity index (χ4n) is 3.63. The molecule has 1 N–H and O–H groups in total. The Labute approximate surface area is 186 Å². The van der Waals surface area contributed by atoms with Crippen LogP contribution in [0.5, 0.6) is 0 Å². The van der Waals surface area contributed by atoms with Gasteiger partial charge in [0.1, 0.15) is 0 Å². The fourth-order valence-corrected chi connectivity index (χ4v) is 3.63. The molecule has 164 valence electrons. The number of carbonyl (C=O) groups excluding carboxylic acids is 1. The number of hydrogen-bond donors (Lipinski definition) is 1. The number of nitrogens with one attached hydrogen (secondary N) is 1. The van der Waals surface area contributed by atoms with Crippen LogP contribution in [0.3, 0.4) is 0 Å². The summed E-state index contributed by atoms with van der Waals surface area (Å²) < 4.78 is 12.7. The Bertz CT molecular complexity index is 1230. The SMILES string of the molecule is O=C(CCCn1c(=O)oc2ccccc21)NCc1ccccc1COCc1ccccc1. The molecule has 0 aliphatic heterocycles. The van der Waals surface area contributed by atoms with Crippen LogP contribution in [0.1, 0.15) is 29.5 Å². The number of aromatic nitrogens is 1. The molecule has 1 aromatic heterocycles. The van der Waals surface area contributed by atoms with Crippen LogP contribution >= 0.6 is 0 Å². The topological polar surface area (TPSA) is 73.5 Å². The minimum Gasteiger partial charge on any atom is -0.408 e. The predicted octanol–water partition coefficient (Wildman–Crippen LogP) is 4.41. The molecule has 0 aliphatic rings. The molecule has 3 aromatic carbocycles. The molecule has 6 nitrogen and oxygen atoms in total. The van der Waals surface area contributed by atoms with Crippen molar-refractivity contribution in [2.75, 3.05) is 0 Å². The largest absolute Gasteiger partial charge is 0.419 e. The summed E-state index contributed by atoms with van der Waals surface area (Å²) in [7, 11) is 0. The van der Waals surface area contributed by atoms with E-state index in [1.807, 2.05) is 72.8 Å². The number of benzene rings is 3. The average Bonchev–Trinajstić information content (AvgIpc) is 3.14. The van der Waals surface area contributed by atoms with Gasteiger partial charge in [0.05, 0.1) is 18.7 Å². The van der Waals surface area contributed by atoms with Crippen molar-refractivity contribution in [2.45, 2.75) is 39.1 Å². The van der Waals surface area contributed by atoms with E-state index in [-0.39, 0.29) is 5.91 Å². The Morgan fingerprint density at radius 3 is 2.44 bits per heavy atom. The lowest BCUT2D eigenvalue weighted by molar-refractivity contribution is -0.121. The molecule has 0 unspecified atom stereocenters. The van der Waals surface area contributed by atoms with Crippen molar-refractivity contribution in [3.63, 3.8) is 0 Å². The van der Waals surface area contributed by atoms with Crippen LogP contribution in [0.4, 0.5) is 0 Å². The molecule has 0 spiro atoms. The maximum absolute atomic E-state index is 12.4. The third-order valence-electron chi connectivity index (χ3n) is 5.32. The standard InChI is InChI=1S/C26H26N2O4/c29-25(15-8-16-28-23-13-6-7-14-24(23)32-26(28)30)27-17-21-11-4-5-12-22(21)19-31-18-20-9-2-1-3-10-20/h1-7,9-14H,8,15-19H2,(H,27,29). The average molecular weight is 431 g/mol. The maximum Gasteiger partial charge on any atom is 0.419 e. The van der Waals surface area contributed by atoms with E-state index in [0.717, 1.165) is 22.2 Å². The van der Waals surface area contributed by atoms with E-state index >= 15 is 0 Å². The van der Waals surface area contributed by atoms with Crippen LogP contribution in [-0.2, 0) is 35.8 Å². The number of carbonyl (C=O) groups is 1. The maximum atomic E-state index is 12.4. The lowest BCUT2D eigenvalue weighted by Crippen LogP contribution is -2.24. The number of ether oxygens (including phenoxy) is 1. The molecule has 0 radical (unpaired) electrons. The Balaban J connectivity index is 1.25. The zero-order valence-electron chi connectivity index (χ0n) is 17.8. The summed E-state index contributed by atoms with van der Waals surface area (Å²) in [6.07, 6.45) is 0.885. The Morgan fingerprint density at radius 2 is 1.59 bits per heavy atom. The zero-order chi connectivity index (χ0) is 22.2. The summed E-state index contributed by atoms with van der Waals surface area (Å²) in [5.41, 5.74) is 4.53. The first kappa shape index (κ1) is 21.6. The third-order valence-corrected chi connectivity index (χ3v) is 5.32. The fraction of sp³-hybridized carbons (Fsp3) is 0.231. The molecule has 6 heteroatoms. The van der Waals surface area contributed by atoms with Gasteiger partial charge in [-0.1, -0.05) is 66.7 Å². The molecule has 0 aliphatic carbocycles. The summed E-state index contributed by atoms with van der Waals surface area (Å²) in [5.74, 6) is -0.443. The van der Waals surface area contributed by atoms with E-state index < -0.39 is 5.76 Å². The molecule has 4 rings (SSSR count). The monoisotopic (exact) mass is 430 g/mol. The van der Waals surface area contributed by atoms with Gasteiger partial charge in [-0.2, -0.15) is 0 Å². The molecule has 0 saturated carbocycles. The first-order valence-electron chi connectivity index (χ1n) is 10.7. The van der Waals surface area contributed by atoms with Crippen LogP contribution in [0.2, 0.25) is 0 Å². The van der Waals surface area contributed by atoms with Gasteiger partial charge >= 0.3 is 5.76 Å². The van der Waals surface area contributed by atoms with Gasteiger partial charge in [-0.25, -0.2) is 4.79 Å². The second-order valence-corrected chi connectivity index (χ2v) is 7.61. The molecule has 0 saturated heterocycles. The van der Waals surface area contributed by atoms with Gasteiger partial charge < -0.3 is 14.5 Å². The minimum atomic E-state index is -0.393. The van der Waals surface area contributed by atoms with Gasteiger partial charge in [0.2, 0.25) is 5.91 Å². The van der Waals surface area contributed by atoms with Crippen molar-refractivity contribution in [3.8, 4) is 0 Å². The van der Waals surface area contributed by atoms with E-state index in [4.69, 9.17) is 9.15 Å². The number of para-hydroxylation sites is 2. The van der Waals surface area contributed by atoms with Crippen LogP contribution in [-0.4, -0.2) is 10.5 Å². The summed E-state index contributed by atoms with van der Waals surface area (Å²) in [6, 6.07) is 25.3. The first-order chi connectivity index (χ1) is 15.7. The van der Waals surface area contributed by atoms with Crippen molar-refractivity contribution >= 4 is 17.0 Å². The number of oxazole rings is 1. The minimum absolute atomic E-state index is 0.0501. The number of hydrogen-bond acceptors (Lipinski definition) is 4. The van der Waals surface area contributed by atoms with Gasteiger partial charge in [0.25, 0.3) is 0 Å². The number of nitrogens with zero attached hydrogens (tertiary/aromatic N) is 1. The normalized spacial score (nSPS) is 11.0. The van der Waals surface area contributed by atoms with E-state index in [0.29, 0.717) is 44.7 Å².